The Kier molecular flexibility index (Phi) is 5.50. The number of hydrazone groups is 1. The fourth-order valence-corrected chi connectivity index (χ4v) is 2.94. The Morgan fingerprint density at radius 1 is 1.00 bits per heavy atom. The van der Waals surface area contributed by atoms with Crippen LogP contribution >= 0.6 is 0 Å². The number of hydrogen-bond acceptors (Lipinski definition) is 4. The molecule has 2 aromatic carbocycles. The predicted molar refractivity (Wildman–Crippen MR) is 109 cm³/mol. The highest BCUT2D eigenvalue weighted by Gasteiger charge is 2.09. The van der Waals surface area contributed by atoms with Crippen molar-refractivity contribution in [3.05, 3.63) is 70.8 Å². The molecule has 0 aliphatic carbocycles. The maximum absolute atomic E-state index is 11.0. The largest absolute Gasteiger partial charge is 0.481 e. The number of hydrogen-bond donors (Lipinski definition) is 2. The number of rotatable bonds is 6. The third-order valence-electron chi connectivity index (χ3n) is 4.64. The van der Waals surface area contributed by atoms with E-state index in [1.807, 2.05) is 69.3 Å². The number of para-hydroxylation sites is 1. The molecular formula is C22H23N3O2. The van der Waals surface area contributed by atoms with Crippen LogP contribution in [0.2, 0.25) is 0 Å². The fourth-order valence-electron chi connectivity index (χ4n) is 2.94. The average Bonchev–Trinajstić information content (AvgIpc) is 2.64. The van der Waals surface area contributed by atoms with Gasteiger partial charge in [-0.3, -0.25) is 10.2 Å². The molecule has 0 radical (unpaired) electrons. The van der Waals surface area contributed by atoms with Crippen molar-refractivity contribution in [2.75, 3.05) is 5.43 Å². The summed E-state index contributed by atoms with van der Waals surface area (Å²) < 4.78 is 0. The summed E-state index contributed by atoms with van der Waals surface area (Å²) in [5.41, 5.74) is 8.98. The quantitative estimate of drug-likeness (QED) is 0.486. The summed E-state index contributed by atoms with van der Waals surface area (Å²) in [5, 5.41) is 14.7. The van der Waals surface area contributed by atoms with Crippen LogP contribution in [0.4, 0.5) is 5.82 Å². The van der Waals surface area contributed by atoms with Crippen molar-refractivity contribution in [3.63, 3.8) is 0 Å². The molecule has 0 aliphatic heterocycles. The summed E-state index contributed by atoms with van der Waals surface area (Å²) in [7, 11) is 0. The van der Waals surface area contributed by atoms with E-state index in [2.05, 4.69) is 15.5 Å². The summed E-state index contributed by atoms with van der Waals surface area (Å²) in [4.78, 5) is 15.6. The Morgan fingerprint density at radius 2 is 1.78 bits per heavy atom. The number of benzene rings is 2. The van der Waals surface area contributed by atoms with Gasteiger partial charge in [0.1, 0.15) is 5.82 Å². The lowest BCUT2D eigenvalue weighted by Crippen LogP contribution is -2.09. The number of carboxylic acids is 1. The number of carbonyl (C=O) groups is 1. The minimum absolute atomic E-state index is 0.0254. The van der Waals surface area contributed by atoms with Gasteiger partial charge in [0, 0.05) is 11.8 Å². The maximum Gasteiger partial charge on any atom is 0.303 e. The average molecular weight is 361 g/mol. The maximum atomic E-state index is 11.0. The fraction of sp³-hybridized carbons (Fsp3) is 0.227. The summed E-state index contributed by atoms with van der Waals surface area (Å²) in [6.45, 7) is 6.12. The van der Waals surface area contributed by atoms with Crippen LogP contribution in [0.25, 0.3) is 10.9 Å². The smallest absolute Gasteiger partial charge is 0.303 e. The van der Waals surface area contributed by atoms with Gasteiger partial charge in [-0.2, -0.15) is 5.10 Å². The van der Waals surface area contributed by atoms with Crippen LogP contribution in [0.1, 0.15) is 35.1 Å². The van der Waals surface area contributed by atoms with E-state index >= 15 is 0 Å². The number of aliphatic carboxylic acids is 1. The number of aromatic nitrogens is 1. The molecule has 1 aromatic heterocycles. The molecule has 1 heterocycles. The van der Waals surface area contributed by atoms with E-state index in [0.717, 1.165) is 27.6 Å². The molecule has 0 amide bonds. The molecule has 138 valence electrons. The molecule has 2 N–H and O–H groups in total. The summed E-state index contributed by atoms with van der Waals surface area (Å²) in [6.07, 6.45) is 0.370. The third kappa shape index (κ3) is 4.50. The Hall–Kier alpha value is -3.21. The number of anilines is 1. The summed E-state index contributed by atoms with van der Waals surface area (Å²) in [5.74, 6) is -0.200. The van der Waals surface area contributed by atoms with Gasteiger partial charge >= 0.3 is 5.97 Å². The van der Waals surface area contributed by atoms with Crippen LogP contribution in [0.15, 0.2) is 53.6 Å². The van der Waals surface area contributed by atoms with Crippen LogP contribution in [0, 0.1) is 20.8 Å². The van der Waals surface area contributed by atoms with Gasteiger partial charge in [-0.1, -0.05) is 30.3 Å². The van der Waals surface area contributed by atoms with Gasteiger partial charge in [0.25, 0.3) is 0 Å². The summed E-state index contributed by atoms with van der Waals surface area (Å²) in [6, 6.07) is 15.9. The monoisotopic (exact) mass is 361 g/mol. The van der Waals surface area contributed by atoms with Crippen molar-refractivity contribution in [2.24, 2.45) is 5.10 Å². The van der Waals surface area contributed by atoms with Crippen LogP contribution in [0.5, 0.6) is 0 Å². The van der Waals surface area contributed by atoms with Crippen molar-refractivity contribution >= 4 is 28.4 Å². The Bertz CT molecular complexity index is 1030. The van der Waals surface area contributed by atoms with Gasteiger partial charge in [0.2, 0.25) is 0 Å². The normalized spacial score (nSPS) is 11.6. The van der Waals surface area contributed by atoms with Gasteiger partial charge in [0.15, 0.2) is 0 Å². The molecule has 0 bridgehead atoms. The van der Waals surface area contributed by atoms with Crippen LogP contribution < -0.4 is 5.43 Å². The molecule has 0 saturated carbocycles. The minimum atomic E-state index is -0.841. The van der Waals surface area contributed by atoms with Crippen molar-refractivity contribution in [1.29, 1.82) is 0 Å². The number of fused-ring (bicyclic) bond motifs is 1. The van der Waals surface area contributed by atoms with E-state index in [1.54, 1.807) is 0 Å². The van der Waals surface area contributed by atoms with Crippen molar-refractivity contribution in [1.82, 2.24) is 4.98 Å². The van der Waals surface area contributed by atoms with E-state index in [9.17, 15) is 4.79 Å². The van der Waals surface area contributed by atoms with Crippen molar-refractivity contribution in [3.8, 4) is 0 Å². The summed E-state index contributed by atoms with van der Waals surface area (Å²) >= 11 is 0. The van der Waals surface area contributed by atoms with Crippen LogP contribution in [-0.2, 0) is 4.79 Å². The molecule has 0 saturated heterocycles. The number of pyridine rings is 1. The topological polar surface area (TPSA) is 74.6 Å². The Balaban J connectivity index is 1.93. The SMILES string of the molecule is Cc1ccc(C(CCC(=O)O)=NNc2cc(C)c3ccccc3n2)cc1C. The van der Waals surface area contributed by atoms with Crippen molar-refractivity contribution in [2.45, 2.75) is 33.6 Å². The second kappa shape index (κ2) is 7.99. The highest BCUT2D eigenvalue weighted by atomic mass is 16.4. The highest BCUT2D eigenvalue weighted by Crippen LogP contribution is 2.20. The van der Waals surface area contributed by atoms with Gasteiger partial charge in [0.05, 0.1) is 17.6 Å². The molecule has 3 aromatic rings. The molecule has 0 spiro atoms. The Labute approximate surface area is 158 Å². The lowest BCUT2D eigenvalue weighted by Gasteiger charge is -2.10. The zero-order valence-corrected chi connectivity index (χ0v) is 15.8. The first-order valence-corrected chi connectivity index (χ1v) is 8.92. The van der Waals surface area contributed by atoms with E-state index in [4.69, 9.17) is 5.11 Å². The molecule has 5 nitrogen and oxygen atoms in total. The van der Waals surface area contributed by atoms with Gasteiger partial charge in [-0.15, -0.1) is 0 Å². The van der Waals surface area contributed by atoms with Gasteiger partial charge in [-0.25, -0.2) is 4.98 Å². The van der Waals surface area contributed by atoms with Gasteiger partial charge in [-0.05, 0) is 61.2 Å². The molecule has 0 atom stereocenters. The second-order valence-corrected chi connectivity index (χ2v) is 6.70. The van der Waals surface area contributed by atoms with E-state index < -0.39 is 5.97 Å². The molecule has 0 fully saturated rings. The molecule has 0 aliphatic rings. The molecule has 27 heavy (non-hydrogen) atoms. The molecule has 0 unspecified atom stereocenters. The molecule has 5 heteroatoms. The van der Waals surface area contributed by atoms with Crippen LogP contribution in [0.3, 0.4) is 0 Å². The molecule has 3 rings (SSSR count). The van der Waals surface area contributed by atoms with Crippen molar-refractivity contribution < 1.29 is 9.90 Å². The van der Waals surface area contributed by atoms with E-state index in [1.165, 1.54) is 5.56 Å². The number of nitrogens with one attached hydrogen (secondary N) is 1. The zero-order chi connectivity index (χ0) is 19.4. The lowest BCUT2D eigenvalue weighted by atomic mass is 10.0. The molecular weight excluding hydrogens is 338 g/mol. The third-order valence-corrected chi connectivity index (χ3v) is 4.64. The highest BCUT2D eigenvalue weighted by molar-refractivity contribution is 6.02. The Morgan fingerprint density at radius 3 is 2.52 bits per heavy atom. The first kappa shape index (κ1) is 18.6. The van der Waals surface area contributed by atoms with Gasteiger partial charge < -0.3 is 5.11 Å². The zero-order valence-electron chi connectivity index (χ0n) is 15.8. The number of aryl methyl sites for hydroxylation is 3. The first-order valence-electron chi connectivity index (χ1n) is 8.92. The first-order chi connectivity index (χ1) is 12.9. The second-order valence-electron chi connectivity index (χ2n) is 6.70. The lowest BCUT2D eigenvalue weighted by molar-refractivity contribution is -0.136. The van der Waals surface area contributed by atoms with E-state index in [-0.39, 0.29) is 6.42 Å². The number of carboxylic acid groups (broad SMARTS) is 1. The standard InChI is InChI=1S/C22H23N3O2/c1-14-8-9-17(12-15(14)2)19(10-11-22(26)27)24-25-21-13-16(3)18-6-4-5-7-20(18)23-21/h4-9,12-13H,10-11H2,1-3H3,(H,23,25)(H,26,27). The van der Waals surface area contributed by atoms with Crippen LogP contribution in [-0.4, -0.2) is 21.8 Å². The van der Waals surface area contributed by atoms with E-state index in [0.29, 0.717) is 18.0 Å². The number of nitrogens with zero attached hydrogens (tertiary/aromatic N) is 2. The predicted octanol–water partition coefficient (Wildman–Crippen LogP) is 4.84. The minimum Gasteiger partial charge on any atom is -0.481 e.